The number of carbonyl (C=O) groups excluding carboxylic acids is 1. The fraction of sp³-hybridized carbons (Fsp3) is 0.469. The van der Waals surface area contributed by atoms with Gasteiger partial charge in [-0.2, -0.15) is 9.97 Å². The smallest absolute Gasteiger partial charge is 0.248 e. The third-order valence-electron chi connectivity index (χ3n) is 8.72. The van der Waals surface area contributed by atoms with Crippen LogP contribution in [0.1, 0.15) is 47.2 Å². The molecule has 1 aromatic heterocycles. The summed E-state index contributed by atoms with van der Waals surface area (Å²) in [5.74, 6) is 2.24. The number of hydrogen-bond donors (Lipinski definition) is 1. The van der Waals surface area contributed by atoms with E-state index in [9.17, 15) is 9.90 Å². The van der Waals surface area contributed by atoms with Crippen LogP contribution >= 0.6 is 0 Å². The maximum absolute atomic E-state index is 12.5. The Kier molecular flexibility index (Phi) is 8.18. The molecule has 1 saturated carbocycles. The summed E-state index contributed by atoms with van der Waals surface area (Å²) in [5, 5.41) is 9.59. The Morgan fingerprint density at radius 1 is 0.902 bits per heavy atom. The van der Waals surface area contributed by atoms with Crippen LogP contribution in [0.5, 0.6) is 11.8 Å². The van der Waals surface area contributed by atoms with Crippen molar-refractivity contribution in [3.8, 4) is 11.8 Å². The second-order valence-corrected chi connectivity index (χ2v) is 11.3. The SMILES string of the molecule is COc1nc(C2CC2)nc(OC)c1CN1C[C@@H]2CN(C(=O)CO)CCN2[C@H](C(c2ccccc2)c2ccccc2)C1. The summed E-state index contributed by atoms with van der Waals surface area (Å²) in [6.07, 6.45) is 2.20. The minimum Gasteiger partial charge on any atom is -0.481 e. The van der Waals surface area contributed by atoms with Crippen LogP contribution in [0.15, 0.2) is 60.7 Å². The van der Waals surface area contributed by atoms with E-state index in [1.165, 1.54) is 11.1 Å². The minimum atomic E-state index is -0.463. The minimum absolute atomic E-state index is 0.108. The average molecular weight is 558 g/mol. The quantitative estimate of drug-likeness (QED) is 0.430. The molecule has 1 aliphatic carbocycles. The lowest BCUT2D eigenvalue weighted by Gasteiger charge is -2.53. The van der Waals surface area contributed by atoms with Gasteiger partial charge in [-0.1, -0.05) is 60.7 Å². The van der Waals surface area contributed by atoms with E-state index in [0.717, 1.165) is 43.9 Å². The van der Waals surface area contributed by atoms with E-state index in [2.05, 4.69) is 70.5 Å². The summed E-state index contributed by atoms with van der Waals surface area (Å²) in [6, 6.07) is 21.7. The second kappa shape index (κ2) is 12.1. The normalized spacial score (nSPS) is 21.5. The van der Waals surface area contributed by atoms with Gasteiger partial charge in [0.25, 0.3) is 0 Å². The van der Waals surface area contributed by atoms with Gasteiger partial charge in [-0.15, -0.1) is 0 Å². The third-order valence-corrected chi connectivity index (χ3v) is 8.72. The molecule has 1 amide bonds. The van der Waals surface area contributed by atoms with Gasteiger partial charge in [-0.3, -0.25) is 14.6 Å². The van der Waals surface area contributed by atoms with Gasteiger partial charge in [0, 0.05) is 63.2 Å². The van der Waals surface area contributed by atoms with Gasteiger partial charge in [-0.05, 0) is 24.0 Å². The van der Waals surface area contributed by atoms with Gasteiger partial charge in [0.15, 0.2) is 0 Å². The van der Waals surface area contributed by atoms with E-state index < -0.39 is 6.61 Å². The third kappa shape index (κ3) is 5.80. The van der Waals surface area contributed by atoms with Gasteiger partial charge in [0.05, 0.1) is 19.8 Å². The molecular formula is C32H39N5O4. The molecule has 0 unspecified atom stereocenters. The predicted molar refractivity (Wildman–Crippen MR) is 155 cm³/mol. The van der Waals surface area contributed by atoms with Crippen molar-refractivity contribution in [2.75, 3.05) is 53.6 Å². The zero-order valence-electron chi connectivity index (χ0n) is 23.9. The number of piperazine rings is 2. The number of aliphatic hydroxyl groups is 1. The molecule has 2 atom stereocenters. The van der Waals surface area contributed by atoms with Crippen LogP contribution in [0.25, 0.3) is 0 Å². The summed E-state index contributed by atoms with van der Waals surface area (Å²) in [4.78, 5) is 28.9. The zero-order valence-corrected chi connectivity index (χ0v) is 23.9. The molecule has 9 heteroatoms. The van der Waals surface area contributed by atoms with E-state index in [1.807, 2.05) is 0 Å². The van der Waals surface area contributed by atoms with Crippen LogP contribution in [0.3, 0.4) is 0 Å². The number of rotatable bonds is 9. The Labute approximate surface area is 241 Å². The van der Waals surface area contributed by atoms with E-state index in [4.69, 9.17) is 19.4 Å². The first-order valence-corrected chi connectivity index (χ1v) is 14.5. The highest BCUT2D eigenvalue weighted by Gasteiger charge is 2.43. The maximum Gasteiger partial charge on any atom is 0.248 e. The maximum atomic E-state index is 12.5. The summed E-state index contributed by atoms with van der Waals surface area (Å²) < 4.78 is 11.6. The van der Waals surface area contributed by atoms with Gasteiger partial charge < -0.3 is 19.5 Å². The number of ether oxygens (including phenoxy) is 2. The Morgan fingerprint density at radius 3 is 2.05 bits per heavy atom. The molecule has 6 rings (SSSR count). The van der Waals surface area contributed by atoms with Crippen LogP contribution in [0, 0.1) is 0 Å². The van der Waals surface area contributed by atoms with Crippen LogP contribution in [-0.2, 0) is 11.3 Å². The average Bonchev–Trinajstić information content (AvgIpc) is 3.87. The molecule has 0 spiro atoms. The highest BCUT2D eigenvalue weighted by atomic mass is 16.5. The van der Waals surface area contributed by atoms with Crippen molar-refractivity contribution in [3.05, 3.63) is 83.2 Å². The van der Waals surface area contributed by atoms with Crippen molar-refractivity contribution in [2.45, 2.75) is 43.3 Å². The van der Waals surface area contributed by atoms with Crippen molar-refractivity contribution < 1.29 is 19.4 Å². The molecule has 0 bridgehead atoms. The van der Waals surface area contributed by atoms with Crippen LogP contribution in [0.4, 0.5) is 0 Å². The molecule has 41 heavy (non-hydrogen) atoms. The van der Waals surface area contributed by atoms with E-state index in [0.29, 0.717) is 37.3 Å². The van der Waals surface area contributed by atoms with E-state index >= 15 is 0 Å². The molecule has 2 aliphatic heterocycles. The van der Waals surface area contributed by atoms with Gasteiger partial charge in [0.2, 0.25) is 17.7 Å². The van der Waals surface area contributed by atoms with Crippen molar-refractivity contribution >= 4 is 5.91 Å². The van der Waals surface area contributed by atoms with Gasteiger partial charge >= 0.3 is 0 Å². The van der Waals surface area contributed by atoms with Crippen molar-refractivity contribution in [3.63, 3.8) is 0 Å². The van der Waals surface area contributed by atoms with Crippen molar-refractivity contribution in [1.29, 1.82) is 0 Å². The summed E-state index contributed by atoms with van der Waals surface area (Å²) in [7, 11) is 3.31. The molecule has 1 N–H and O–H groups in total. The summed E-state index contributed by atoms with van der Waals surface area (Å²) >= 11 is 0. The number of carbonyl (C=O) groups is 1. The van der Waals surface area contributed by atoms with Crippen molar-refractivity contribution in [2.24, 2.45) is 0 Å². The Hall–Kier alpha value is -3.53. The van der Waals surface area contributed by atoms with Crippen LogP contribution < -0.4 is 9.47 Å². The van der Waals surface area contributed by atoms with E-state index in [-0.39, 0.29) is 23.9 Å². The van der Waals surface area contributed by atoms with Crippen molar-refractivity contribution in [1.82, 2.24) is 24.7 Å². The molecule has 2 saturated heterocycles. The largest absolute Gasteiger partial charge is 0.481 e. The molecule has 3 aliphatic rings. The Morgan fingerprint density at radius 2 is 1.51 bits per heavy atom. The fourth-order valence-electron chi connectivity index (χ4n) is 6.60. The first-order valence-electron chi connectivity index (χ1n) is 14.5. The second-order valence-electron chi connectivity index (χ2n) is 11.3. The monoisotopic (exact) mass is 557 g/mol. The van der Waals surface area contributed by atoms with Crippen LogP contribution in [-0.4, -0.2) is 101 Å². The standard InChI is InChI=1S/C32H39N5O4/c1-40-31-26(32(41-2)34-30(33-31)24-13-14-24)19-35-17-25-18-36(28(39)21-38)15-16-37(25)27(20-35)29(22-9-5-3-6-10-22)23-11-7-4-8-12-23/h3-12,24-25,27,29,38H,13-21H2,1-2H3/t25-,27+/m1/s1. The van der Waals surface area contributed by atoms with Gasteiger partial charge in [-0.25, -0.2) is 0 Å². The molecule has 3 aromatic rings. The number of aliphatic hydroxyl groups excluding tert-OH is 1. The molecule has 3 heterocycles. The Balaban J connectivity index is 1.37. The molecule has 2 aromatic carbocycles. The fourth-order valence-corrected chi connectivity index (χ4v) is 6.60. The summed E-state index contributed by atoms with van der Waals surface area (Å²) in [5.41, 5.74) is 3.39. The molecule has 0 radical (unpaired) electrons. The number of hydrogen-bond acceptors (Lipinski definition) is 8. The lowest BCUT2D eigenvalue weighted by atomic mass is 9.81. The highest BCUT2D eigenvalue weighted by molar-refractivity contribution is 5.77. The highest BCUT2D eigenvalue weighted by Crippen LogP contribution is 2.41. The summed E-state index contributed by atoms with van der Waals surface area (Å²) in [6.45, 7) is 3.64. The topological polar surface area (TPSA) is 91.3 Å². The number of aromatic nitrogens is 2. The predicted octanol–water partition coefficient (Wildman–Crippen LogP) is 2.89. The molecular weight excluding hydrogens is 518 g/mol. The first kappa shape index (κ1) is 27.6. The number of methoxy groups -OCH3 is 2. The lowest BCUT2D eigenvalue weighted by Crippen LogP contribution is -2.67. The number of benzene rings is 2. The Bertz CT molecular complexity index is 1270. The van der Waals surface area contributed by atoms with Crippen LogP contribution in [0.2, 0.25) is 0 Å². The zero-order chi connectivity index (χ0) is 28.3. The molecule has 216 valence electrons. The number of fused-ring (bicyclic) bond motifs is 1. The van der Waals surface area contributed by atoms with E-state index in [1.54, 1.807) is 19.1 Å². The molecule has 9 nitrogen and oxygen atoms in total. The number of amides is 1. The number of nitrogens with zero attached hydrogens (tertiary/aromatic N) is 5. The molecule has 3 fully saturated rings. The lowest BCUT2D eigenvalue weighted by molar-refractivity contribution is -0.139. The first-order chi connectivity index (χ1) is 20.1. The van der Waals surface area contributed by atoms with Gasteiger partial charge in [0.1, 0.15) is 12.4 Å².